The van der Waals surface area contributed by atoms with Gasteiger partial charge in [-0.05, 0) is 28.1 Å². The minimum absolute atomic E-state index is 0.125. The van der Waals surface area contributed by atoms with E-state index in [1.807, 2.05) is 0 Å². The van der Waals surface area contributed by atoms with Crippen LogP contribution in [0, 0.1) is 10.1 Å². The summed E-state index contributed by atoms with van der Waals surface area (Å²) < 4.78 is 1.54. The van der Waals surface area contributed by atoms with Gasteiger partial charge in [0.1, 0.15) is 0 Å². The number of imidazole rings is 1. The van der Waals surface area contributed by atoms with E-state index < -0.39 is 16.8 Å². The van der Waals surface area contributed by atoms with Crippen LogP contribution in [0.2, 0.25) is 0 Å². The number of nitro groups is 1. The van der Waals surface area contributed by atoms with Crippen LogP contribution in [0.25, 0.3) is 0 Å². The van der Waals surface area contributed by atoms with Gasteiger partial charge in [0, 0.05) is 24.1 Å². The number of amides is 1. The van der Waals surface area contributed by atoms with Gasteiger partial charge in [0.2, 0.25) is 12.2 Å². The highest BCUT2D eigenvalue weighted by molar-refractivity contribution is 7.99. The zero-order valence-electron chi connectivity index (χ0n) is 12.6. The van der Waals surface area contributed by atoms with Crippen LogP contribution >= 0.6 is 11.8 Å². The van der Waals surface area contributed by atoms with Crippen molar-refractivity contribution in [3.8, 4) is 0 Å². The first-order valence-electron chi connectivity index (χ1n) is 6.82. The highest BCUT2D eigenvalue weighted by atomic mass is 32.2. The number of hydrogen-bond donors (Lipinski definition) is 2. The molecule has 2 N–H and O–H groups in total. The van der Waals surface area contributed by atoms with Gasteiger partial charge in [-0.15, -0.1) is 0 Å². The molecule has 1 heterocycles. The lowest BCUT2D eigenvalue weighted by Gasteiger charge is -2.07. The Morgan fingerprint density at radius 1 is 1.42 bits per heavy atom. The fraction of sp³-hybridized carbons (Fsp3) is 0.214. The molecule has 2 rings (SSSR count). The summed E-state index contributed by atoms with van der Waals surface area (Å²) in [6, 6.07) is 6.74. The van der Waals surface area contributed by atoms with Crippen molar-refractivity contribution in [1.29, 1.82) is 0 Å². The van der Waals surface area contributed by atoms with Crippen LogP contribution in [0.1, 0.15) is 12.8 Å². The van der Waals surface area contributed by atoms with E-state index in [1.54, 1.807) is 35.9 Å². The molecule has 0 aliphatic carbocycles. The van der Waals surface area contributed by atoms with Gasteiger partial charge < -0.3 is 25.1 Å². The van der Waals surface area contributed by atoms with E-state index in [9.17, 15) is 19.7 Å². The molecule has 2 aromatic rings. The average molecular weight is 350 g/mol. The zero-order valence-corrected chi connectivity index (χ0v) is 13.4. The summed E-state index contributed by atoms with van der Waals surface area (Å²) in [6.45, 7) is 0. The fourth-order valence-electron chi connectivity index (χ4n) is 1.84. The van der Waals surface area contributed by atoms with Crippen LogP contribution in [0.15, 0.2) is 40.5 Å². The Morgan fingerprint density at radius 2 is 2.17 bits per heavy atom. The lowest BCUT2D eigenvalue weighted by Crippen LogP contribution is -2.13. The Hall–Kier alpha value is -2.88. The van der Waals surface area contributed by atoms with E-state index in [0.29, 0.717) is 15.6 Å². The minimum atomic E-state index is -1.04. The SMILES string of the molecule is Cn1cnc([N+](=O)[O-])c1Sc1cccc(NC(=O)CCC(=O)O)c1. The Balaban J connectivity index is 2.11. The highest BCUT2D eigenvalue weighted by Crippen LogP contribution is 2.34. The standard InChI is InChI=1S/C14H14N4O5S/c1-17-8-15-13(18(22)23)14(17)24-10-4-2-3-9(7-10)16-11(19)5-6-12(20)21/h2-4,7-8H,5-6H2,1H3,(H,16,19)(H,20,21). The molecule has 0 radical (unpaired) electrons. The molecule has 0 unspecified atom stereocenters. The van der Waals surface area contributed by atoms with Crippen LogP contribution in [0.3, 0.4) is 0 Å². The van der Waals surface area contributed by atoms with Crippen molar-refractivity contribution >= 4 is 35.1 Å². The number of aliphatic carboxylic acids is 1. The second-order valence-electron chi connectivity index (χ2n) is 4.81. The quantitative estimate of drug-likeness (QED) is 0.579. The normalized spacial score (nSPS) is 10.4. The van der Waals surface area contributed by atoms with Crippen molar-refractivity contribution in [2.45, 2.75) is 22.8 Å². The van der Waals surface area contributed by atoms with Crippen LogP contribution in [0.4, 0.5) is 11.5 Å². The van der Waals surface area contributed by atoms with Crippen molar-refractivity contribution < 1.29 is 19.6 Å². The van der Waals surface area contributed by atoms with Crippen LogP contribution < -0.4 is 5.32 Å². The average Bonchev–Trinajstić information content (AvgIpc) is 2.87. The third-order valence-corrected chi connectivity index (χ3v) is 4.09. The Labute approximate surface area is 140 Å². The molecular formula is C14H14N4O5S. The molecule has 1 aromatic carbocycles. The number of carboxylic acid groups (broad SMARTS) is 1. The second kappa shape index (κ2) is 7.59. The van der Waals surface area contributed by atoms with E-state index in [1.165, 1.54) is 6.33 Å². The molecule has 0 bridgehead atoms. The molecule has 0 fully saturated rings. The second-order valence-corrected chi connectivity index (χ2v) is 5.88. The molecule has 10 heteroatoms. The van der Waals surface area contributed by atoms with Gasteiger partial charge in [0.15, 0.2) is 5.03 Å². The number of benzene rings is 1. The van der Waals surface area contributed by atoms with E-state index in [0.717, 1.165) is 11.8 Å². The molecule has 9 nitrogen and oxygen atoms in total. The van der Waals surface area contributed by atoms with Crippen molar-refractivity contribution in [1.82, 2.24) is 9.55 Å². The summed E-state index contributed by atoms with van der Waals surface area (Å²) in [4.78, 5) is 37.0. The molecule has 0 aliphatic rings. The molecule has 24 heavy (non-hydrogen) atoms. The third kappa shape index (κ3) is 4.56. The van der Waals surface area contributed by atoms with Gasteiger partial charge in [0.05, 0.1) is 6.42 Å². The summed E-state index contributed by atoms with van der Waals surface area (Å²) in [6.07, 6.45) is 0.986. The third-order valence-electron chi connectivity index (χ3n) is 2.94. The summed E-state index contributed by atoms with van der Waals surface area (Å²) in [5, 5.41) is 22.5. The van der Waals surface area contributed by atoms with Crippen LogP contribution in [-0.4, -0.2) is 31.5 Å². The molecule has 0 spiro atoms. The zero-order chi connectivity index (χ0) is 17.7. The molecule has 0 atom stereocenters. The lowest BCUT2D eigenvalue weighted by atomic mass is 10.2. The van der Waals surface area contributed by atoms with E-state index in [-0.39, 0.29) is 18.7 Å². The molecule has 0 saturated heterocycles. The van der Waals surface area contributed by atoms with Crippen molar-refractivity contribution in [2.75, 3.05) is 5.32 Å². The number of nitrogens with zero attached hydrogens (tertiary/aromatic N) is 3. The maximum atomic E-state index is 11.7. The molecular weight excluding hydrogens is 336 g/mol. The minimum Gasteiger partial charge on any atom is -0.481 e. The summed E-state index contributed by atoms with van der Waals surface area (Å²) in [5.41, 5.74) is 0.486. The number of anilines is 1. The molecule has 126 valence electrons. The largest absolute Gasteiger partial charge is 0.481 e. The molecule has 0 saturated carbocycles. The lowest BCUT2D eigenvalue weighted by molar-refractivity contribution is -0.392. The molecule has 1 aromatic heterocycles. The van der Waals surface area contributed by atoms with Crippen molar-refractivity contribution in [3.05, 3.63) is 40.7 Å². The first-order chi connectivity index (χ1) is 11.4. The highest BCUT2D eigenvalue weighted by Gasteiger charge is 2.21. The van der Waals surface area contributed by atoms with Crippen molar-refractivity contribution in [2.24, 2.45) is 7.05 Å². The fourth-order valence-corrected chi connectivity index (χ4v) is 2.81. The maximum Gasteiger partial charge on any atom is 0.396 e. The molecule has 0 aliphatic heterocycles. The summed E-state index contributed by atoms with van der Waals surface area (Å²) in [7, 11) is 1.65. The van der Waals surface area contributed by atoms with Crippen molar-refractivity contribution in [3.63, 3.8) is 0 Å². The van der Waals surface area contributed by atoms with Gasteiger partial charge in [-0.3, -0.25) is 9.59 Å². The first kappa shape index (κ1) is 17.5. The number of carboxylic acids is 1. The van der Waals surface area contributed by atoms with E-state index in [2.05, 4.69) is 10.3 Å². The van der Waals surface area contributed by atoms with Crippen LogP contribution in [-0.2, 0) is 16.6 Å². The van der Waals surface area contributed by atoms with E-state index >= 15 is 0 Å². The van der Waals surface area contributed by atoms with Gasteiger partial charge in [-0.25, -0.2) is 0 Å². The predicted molar refractivity (Wildman–Crippen MR) is 85.9 cm³/mol. The number of hydrogen-bond acceptors (Lipinski definition) is 6. The first-order valence-corrected chi connectivity index (χ1v) is 7.63. The number of aryl methyl sites for hydroxylation is 1. The number of carbonyl (C=O) groups excluding carboxylic acids is 1. The smallest absolute Gasteiger partial charge is 0.396 e. The summed E-state index contributed by atoms with van der Waals surface area (Å²) >= 11 is 1.15. The Morgan fingerprint density at radius 3 is 2.83 bits per heavy atom. The topological polar surface area (TPSA) is 127 Å². The van der Waals surface area contributed by atoms with Gasteiger partial charge in [-0.2, -0.15) is 0 Å². The number of aromatic nitrogens is 2. The Bertz CT molecular complexity index is 789. The van der Waals surface area contributed by atoms with Gasteiger partial charge in [0.25, 0.3) is 0 Å². The number of carbonyl (C=O) groups is 2. The molecule has 1 amide bonds. The monoisotopic (exact) mass is 350 g/mol. The number of nitrogens with one attached hydrogen (secondary N) is 1. The predicted octanol–water partition coefficient (Wildman–Crippen LogP) is 2.28. The summed E-state index contributed by atoms with van der Waals surface area (Å²) in [5.74, 6) is -1.69. The van der Waals surface area contributed by atoms with Crippen LogP contribution in [0.5, 0.6) is 0 Å². The van der Waals surface area contributed by atoms with Gasteiger partial charge >= 0.3 is 11.8 Å². The maximum absolute atomic E-state index is 11.7. The van der Waals surface area contributed by atoms with E-state index in [4.69, 9.17) is 5.11 Å². The number of rotatable bonds is 7. The Kier molecular flexibility index (Phi) is 5.53. The van der Waals surface area contributed by atoms with Gasteiger partial charge in [-0.1, -0.05) is 17.8 Å².